The van der Waals surface area contributed by atoms with Crippen molar-refractivity contribution in [3.05, 3.63) is 35.9 Å². The molecule has 1 atom stereocenters. The predicted molar refractivity (Wildman–Crippen MR) is 88.5 cm³/mol. The van der Waals surface area contributed by atoms with E-state index in [9.17, 15) is 5.11 Å². The van der Waals surface area contributed by atoms with E-state index in [4.69, 9.17) is 4.98 Å². The summed E-state index contributed by atoms with van der Waals surface area (Å²) in [6.45, 7) is 6.30. The van der Waals surface area contributed by atoms with Crippen LogP contribution < -0.4 is 5.32 Å². The van der Waals surface area contributed by atoms with Gasteiger partial charge in [-0.3, -0.25) is 4.90 Å². The van der Waals surface area contributed by atoms with E-state index in [1.54, 1.807) is 0 Å². The molecule has 0 radical (unpaired) electrons. The van der Waals surface area contributed by atoms with Gasteiger partial charge in [-0.05, 0) is 32.5 Å². The van der Waals surface area contributed by atoms with Crippen LogP contribution in [0.2, 0.25) is 0 Å². The summed E-state index contributed by atoms with van der Waals surface area (Å²) in [7, 11) is 2.02. The lowest BCUT2D eigenvalue weighted by Crippen LogP contribution is -2.27. The van der Waals surface area contributed by atoms with Crippen molar-refractivity contribution in [2.45, 2.75) is 32.9 Å². The van der Waals surface area contributed by atoms with Crippen molar-refractivity contribution < 1.29 is 5.11 Å². The summed E-state index contributed by atoms with van der Waals surface area (Å²) in [5.41, 5.74) is 2.18. The highest BCUT2D eigenvalue weighted by Crippen LogP contribution is 2.21. The summed E-state index contributed by atoms with van der Waals surface area (Å²) < 4.78 is 0. The Morgan fingerprint density at radius 1 is 1.33 bits per heavy atom. The molecule has 114 valence electrons. The highest BCUT2D eigenvalue weighted by Gasteiger charge is 2.10. The molecule has 2 N–H and O–H groups in total. The molecule has 0 aliphatic heterocycles. The first-order valence-corrected chi connectivity index (χ1v) is 7.59. The minimum absolute atomic E-state index is 0.324. The van der Waals surface area contributed by atoms with Crippen LogP contribution in [0.1, 0.15) is 25.8 Å². The number of benzene rings is 1. The van der Waals surface area contributed by atoms with E-state index < -0.39 is 0 Å². The lowest BCUT2D eigenvalue weighted by Gasteiger charge is -2.20. The van der Waals surface area contributed by atoms with E-state index in [2.05, 4.69) is 29.3 Å². The minimum atomic E-state index is -0.324. The van der Waals surface area contributed by atoms with Crippen LogP contribution in [-0.4, -0.2) is 41.2 Å². The Labute approximate surface area is 126 Å². The highest BCUT2D eigenvalue weighted by molar-refractivity contribution is 5.81. The van der Waals surface area contributed by atoms with Crippen LogP contribution in [0, 0.1) is 0 Å². The second-order valence-corrected chi connectivity index (χ2v) is 5.66. The number of hydrogen-bond donors (Lipinski definition) is 2. The van der Waals surface area contributed by atoms with Gasteiger partial charge in [0.05, 0.1) is 11.6 Å². The number of aliphatic hydroxyl groups excluding tert-OH is 1. The van der Waals surface area contributed by atoms with Gasteiger partial charge in [0.25, 0.3) is 0 Å². The van der Waals surface area contributed by atoms with E-state index in [1.807, 2.05) is 32.2 Å². The molecule has 0 amide bonds. The Morgan fingerprint density at radius 3 is 2.81 bits per heavy atom. The number of hydrogen-bond acceptors (Lipinski definition) is 4. The number of anilines is 1. The number of rotatable bonds is 7. The van der Waals surface area contributed by atoms with Crippen molar-refractivity contribution >= 4 is 16.7 Å². The SMILES string of the molecule is CCCNc1nc2ccccc2cc1CN(C)CC(C)O. The first-order chi connectivity index (χ1) is 10.1. The number of aliphatic hydroxyl groups is 1. The Hall–Kier alpha value is -1.65. The van der Waals surface area contributed by atoms with Gasteiger partial charge in [0.15, 0.2) is 0 Å². The van der Waals surface area contributed by atoms with Crippen LogP contribution in [-0.2, 0) is 6.54 Å². The molecule has 0 saturated carbocycles. The molecule has 0 spiro atoms. The van der Waals surface area contributed by atoms with Crippen molar-refractivity contribution in [1.82, 2.24) is 9.88 Å². The number of likely N-dealkylation sites (N-methyl/N-ethyl adjacent to an activating group) is 1. The maximum atomic E-state index is 9.51. The number of pyridine rings is 1. The van der Waals surface area contributed by atoms with Gasteiger partial charge in [-0.15, -0.1) is 0 Å². The van der Waals surface area contributed by atoms with Gasteiger partial charge in [-0.1, -0.05) is 25.1 Å². The largest absolute Gasteiger partial charge is 0.392 e. The zero-order chi connectivity index (χ0) is 15.2. The third kappa shape index (κ3) is 4.41. The van der Waals surface area contributed by atoms with Gasteiger partial charge in [0.1, 0.15) is 5.82 Å². The molecule has 21 heavy (non-hydrogen) atoms. The molecule has 1 aromatic heterocycles. The fourth-order valence-electron chi connectivity index (χ4n) is 2.48. The number of para-hydroxylation sites is 1. The molecule has 1 heterocycles. The fourth-order valence-corrected chi connectivity index (χ4v) is 2.48. The molecule has 0 aliphatic carbocycles. The summed E-state index contributed by atoms with van der Waals surface area (Å²) >= 11 is 0. The zero-order valence-electron chi connectivity index (χ0n) is 13.1. The first-order valence-electron chi connectivity index (χ1n) is 7.59. The van der Waals surface area contributed by atoms with Crippen LogP contribution in [0.4, 0.5) is 5.82 Å². The Bertz CT molecular complexity index is 583. The topological polar surface area (TPSA) is 48.4 Å². The number of fused-ring (bicyclic) bond motifs is 1. The smallest absolute Gasteiger partial charge is 0.131 e. The molecular formula is C17H25N3O. The summed E-state index contributed by atoms with van der Waals surface area (Å²) in [6, 6.07) is 10.4. The van der Waals surface area contributed by atoms with Gasteiger partial charge in [0, 0.05) is 30.6 Å². The second kappa shape index (κ2) is 7.38. The lowest BCUT2D eigenvalue weighted by molar-refractivity contribution is 0.138. The average molecular weight is 287 g/mol. The van der Waals surface area contributed by atoms with E-state index in [1.165, 1.54) is 5.56 Å². The second-order valence-electron chi connectivity index (χ2n) is 5.66. The average Bonchev–Trinajstić information content (AvgIpc) is 2.44. The molecule has 4 heteroatoms. The van der Waals surface area contributed by atoms with Crippen molar-refractivity contribution in [2.75, 3.05) is 25.5 Å². The first kappa shape index (κ1) is 15.7. The normalized spacial score (nSPS) is 12.8. The molecular weight excluding hydrogens is 262 g/mol. The van der Waals surface area contributed by atoms with Crippen LogP contribution in [0.5, 0.6) is 0 Å². The number of aromatic nitrogens is 1. The van der Waals surface area contributed by atoms with Gasteiger partial charge >= 0.3 is 0 Å². The molecule has 1 aromatic carbocycles. The zero-order valence-corrected chi connectivity index (χ0v) is 13.1. The monoisotopic (exact) mass is 287 g/mol. The lowest BCUT2D eigenvalue weighted by atomic mass is 10.1. The molecule has 2 rings (SSSR count). The van der Waals surface area contributed by atoms with Gasteiger partial charge in [-0.25, -0.2) is 4.98 Å². The molecule has 0 fully saturated rings. The summed E-state index contributed by atoms with van der Waals surface area (Å²) in [4.78, 5) is 6.86. The maximum Gasteiger partial charge on any atom is 0.131 e. The third-order valence-corrected chi connectivity index (χ3v) is 3.36. The summed E-state index contributed by atoms with van der Waals surface area (Å²) in [5.74, 6) is 0.952. The van der Waals surface area contributed by atoms with Gasteiger partial charge in [0.2, 0.25) is 0 Å². The van der Waals surface area contributed by atoms with Crippen molar-refractivity contribution in [2.24, 2.45) is 0 Å². The quantitative estimate of drug-likeness (QED) is 0.822. The molecule has 0 bridgehead atoms. The maximum absolute atomic E-state index is 9.51. The number of nitrogens with zero attached hydrogens (tertiary/aromatic N) is 2. The van der Waals surface area contributed by atoms with E-state index in [0.717, 1.165) is 36.2 Å². The van der Waals surface area contributed by atoms with Crippen molar-refractivity contribution in [3.8, 4) is 0 Å². The standard InChI is InChI=1S/C17H25N3O/c1-4-9-18-17-15(12-20(3)11-13(2)21)10-14-7-5-6-8-16(14)19-17/h5-8,10,13,21H,4,9,11-12H2,1-3H3,(H,18,19). The molecule has 0 saturated heterocycles. The minimum Gasteiger partial charge on any atom is -0.392 e. The number of nitrogens with one attached hydrogen (secondary N) is 1. The Balaban J connectivity index is 2.29. The highest BCUT2D eigenvalue weighted by atomic mass is 16.3. The summed E-state index contributed by atoms with van der Waals surface area (Å²) in [6.07, 6.45) is 0.743. The molecule has 4 nitrogen and oxygen atoms in total. The summed E-state index contributed by atoms with van der Waals surface area (Å²) in [5, 5.41) is 14.1. The van der Waals surface area contributed by atoms with E-state index in [0.29, 0.717) is 6.54 Å². The van der Waals surface area contributed by atoms with Crippen LogP contribution in [0.25, 0.3) is 10.9 Å². The molecule has 1 unspecified atom stereocenters. The molecule has 2 aromatic rings. The molecule has 0 aliphatic rings. The fraction of sp³-hybridized carbons (Fsp3) is 0.471. The van der Waals surface area contributed by atoms with Crippen molar-refractivity contribution in [3.63, 3.8) is 0 Å². The Morgan fingerprint density at radius 2 is 2.10 bits per heavy atom. The predicted octanol–water partition coefficient (Wildman–Crippen LogP) is 2.87. The van der Waals surface area contributed by atoms with E-state index >= 15 is 0 Å². The Kier molecular flexibility index (Phi) is 5.53. The van der Waals surface area contributed by atoms with Crippen LogP contribution in [0.15, 0.2) is 30.3 Å². The van der Waals surface area contributed by atoms with Crippen LogP contribution in [0.3, 0.4) is 0 Å². The van der Waals surface area contributed by atoms with Crippen LogP contribution >= 0.6 is 0 Å². The van der Waals surface area contributed by atoms with E-state index in [-0.39, 0.29) is 6.10 Å². The van der Waals surface area contributed by atoms with Gasteiger partial charge < -0.3 is 10.4 Å². The van der Waals surface area contributed by atoms with Crippen molar-refractivity contribution in [1.29, 1.82) is 0 Å². The third-order valence-electron chi connectivity index (χ3n) is 3.36. The van der Waals surface area contributed by atoms with Gasteiger partial charge in [-0.2, -0.15) is 0 Å².